The molecule has 4 nitrogen and oxygen atoms in total. The van der Waals surface area contributed by atoms with Crippen LogP contribution >= 0.6 is 11.6 Å². The lowest BCUT2D eigenvalue weighted by Crippen LogP contribution is -1.92. The predicted molar refractivity (Wildman–Crippen MR) is 57.7 cm³/mol. The Bertz CT molecular complexity index is 521. The number of aromatic nitrogens is 1. The first-order valence-corrected chi connectivity index (χ1v) is 4.96. The van der Waals surface area contributed by atoms with Crippen LogP contribution in [0.4, 0.5) is 0 Å². The Morgan fingerprint density at radius 1 is 1.44 bits per heavy atom. The highest BCUT2D eigenvalue weighted by Crippen LogP contribution is 2.18. The van der Waals surface area contributed by atoms with E-state index in [9.17, 15) is 4.79 Å². The van der Waals surface area contributed by atoms with E-state index in [0.29, 0.717) is 17.3 Å². The molecule has 2 rings (SSSR count). The SMILES string of the molecule is O=C(O)c1cnc(Cc2ccccc2Cl)o1. The Morgan fingerprint density at radius 3 is 2.81 bits per heavy atom. The van der Waals surface area contributed by atoms with Gasteiger partial charge in [-0.2, -0.15) is 0 Å². The fraction of sp³-hybridized carbons (Fsp3) is 0.0909. The summed E-state index contributed by atoms with van der Waals surface area (Å²) < 4.78 is 5.03. The van der Waals surface area contributed by atoms with Crippen molar-refractivity contribution in [2.45, 2.75) is 6.42 Å². The lowest BCUT2D eigenvalue weighted by atomic mass is 10.1. The van der Waals surface area contributed by atoms with Gasteiger partial charge in [-0.1, -0.05) is 29.8 Å². The number of halogens is 1. The summed E-state index contributed by atoms with van der Waals surface area (Å²) >= 11 is 5.96. The quantitative estimate of drug-likeness (QED) is 0.891. The molecule has 0 aliphatic rings. The number of carbonyl (C=O) groups is 1. The van der Waals surface area contributed by atoms with Crippen LogP contribution in [0.25, 0.3) is 0 Å². The van der Waals surface area contributed by atoms with Gasteiger partial charge in [-0.15, -0.1) is 0 Å². The number of nitrogens with zero attached hydrogens (tertiary/aromatic N) is 1. The summed E-state index contributed by atoms with van der Waals surface area (Å²) in [5, 5.41) is 9.27. The third kappa shape index (κ3) is 2.23. The van der Waals surface area contributed by atoms with Gasteiger partial charge in [-0.05, 0) is 11.6 Å². The standard InChI is InChI=1S/C11H8ClNO3/c12-8-4-2-1-3-7(8)5-10-13-6-9(16-10)11(14)15/h1-4,6H,5H2,(H,14,15). The molecular weight excluding hydrogens is 230 g/mol. The minimum atomic E-state index is -1.13. The molecule has 1 heterocycles. The van der Waals surface area contributed by atoms with Gasteiger partial charge in [0.25, 0.3) is 0 Å². The molecule has 0 unspecified atom stereocenters. The van der Waals surface area contributed by atoms with Crippen molar-refractivity contribution < 1.29 is 14.3 Å². The van der Waals surface area contributed by atoms with Crippen LogP contribution in [0.15, 0.2) is 34.9 Å². The molecule has 0 amide bonds. The summed E-state index contributed by atoms with van der Waals surface area (Å²) in [4.78, 5) is 14.4. The number of carboxylic acid groups (broad SMARTS) is 1. The van der Waals surface area contributed by atoms with Crippen LogP contribution in [0.5, 0.6) is 0 Å². The Kier molecular flexibility index (Phi) is 2.92. The van der Waals surface area contributed by atoms with E-state index in [-0.39, 0.29) is 5.76 Å². The smallest absolute Gasteiger partial charge is 0.373 e. The van der Waals surface area contributed by atoms with Gasteiger partial charge in [0.1, 0.15) is 0 Å². The highest BCUT2D eigenvalue weighted by Gasteiger charge is 2.11. The second-order valence-corrected chi connectivity index (χ2v) is 3.60. The first kappa shape index (κ1) is 10.7. The Balaban J connectivity index is 2.21. The molecule has 0 saturated heterocycles. The molecule has 0 radical (unpaired) electrons. The zero-order chi connectivity index (χ0) is 11.5. The van der Waals surface area contributed by atoms with E-state index in [2.05, 4.69) is 4.98 Å². The van der Waals surface area contributed by atoms with Gasteiger partial charge in [0, 0.05) is 5.02 Å². The number of aromatic carboxylic acids is 1. The summed E-state index contributed by atoms with van der Waals surface area (Å²) in [6.07, 6.45) is 1.57. The van der Waals surface area contributed by atoms with Crippen molar-refractivity contribution >= 4 is 17.6 Å². The van der Waals surface area contributed by atoms with Gasteiger partial charge in [0.05, 0.1) is 12.6 Å². The molecule has 1 aromatic heterocycles. The number of hydrogen-bond acceptors (Lipinski definition) is 3. The van der Waals surface area contributed by atoms with Crippen LogP contribution < -0.4 is 0 Å². The van der Waals surface area contributed by atoms with Crippen LogP contribution in [0.3, 0.4) is 0 Å². The summed E-state index contributed by atoms with van der Waals surface area (Å²) in [5.74, 6) is -0.953. The van der Waals surface area contributed by atoms with E-state index < -0.39 is 5.97 Å². The van der Waals surface area contributed by atoms with E-state index >= 15 is 0 Å². The minimum Gasteiger partial charge on any atom is -0.475 e. The fourth-order valence-electron chi connectivity index (χ4n) is 1.30. The highest BCUT2D eigenvalue weighted by atomic mass is 35.5. The van der Waals surface area contributed by atoms with Crippen LogP contribution in [0.1, 0.15) is 22.0 Å². The molecule has 0 atom stereocenters. The van der Waals surface area contributed by atoms with E-state index in [1.807, 2.05) is 18.2 Å². The third-order valence-corrected chi connectivity index (χ3v) is 2.43. The van der Waals surface area contributed by atoms with Crippen LogP contribution in [0.2, 0.25) is 5.02 Å². The molecule has 0 fully saturated rings. The van der Waals surface area contributed by atoms with Gasteiger partial charge in [0.15, 0.2) is 5.89 Å². The van der Waals surface area contributed by atoms with Crippen LogP contribution in [-0.4, -0.2) is 16.1 Å². The van der Waals surface area contributed by atoms with E-state index in [0.717, 1.165) is 5.56 Å². The maximum absolute atomic E-state index is 10.6. The Hall–Kier alpha value is -1.81. The molecule has 5 heteroatoms. The van der Waals surface area contributed by atoms with Gasteiger partial charge < -0.3 is 9.52 Å². The van der Waals surface area contributed by atoms with Crippen molar-refractivity contribution in [3.63, 3.8) is 0 Å². The zero-order valence-electron chi connectivity index (χ0n) is 8.18. The fourth-order valence-corrected chi connectivity index (χ4v) is 1.50. The topological polar surface area (TPSA) is 63.3 Å². The predicted octanol–water partition coefficient (Wildman–Crippen LogP) is 2.62. The average molecular weight is 238 g/mol. The van der Waals surface area contributed by atoms with E-state index in [1.54, 1.807) is 6.07 Å². The monoisotopic (exact) mass is 237 g/mol. The number of benzene rings is 1. The molecule has 0 aliphatic carbocycles. The van der Waals surface area contributed by atoms with Gasteiger partial charge in [-0.3, -0.25) is 0 Å². The first-order chi connectivity index (χ1) is 7.66. The molecular formula is C11H8ClNO3. The highest BCUT2D eigenvalue weighted by molar-refractivity contribution is 6.31. The van der Waals surface area contributed by atoms with Crippen LogP contribution in [0, 0.1) is 0 Å². The summed E-state index contributed by atoms with van der Waals surface area (Å²) in [6, 6.07) is 7.28. The summed E-state index contributed by atoms with van der Waals surface area (Å²) in [7, 11) is 0. The van der Waals surface area contributed by atoms with E-state index in [4.69, 9.17) is 21.1 Å². The second-order valence-electron chi connectivity index (χ2n) is 3.19. The van der Waals surface area contributed by atoms with Crippen molar-refractivity contribution in [1.29, 1.82) is 0 Å². The molecule has 1 aromatic carbocycles. The Labute approximate surface area is 96.5 Å². The molecule has 1 N–H and O–H groups in total. The molecule has 16 heavy (non-hydrogen) atoms. The number of rotatable bonds is 3. The van der Waals surface area contributed by atoms with Crippen molar-refractivity contribution in [3.05, 3.63) is 52.7 Å². The largest absolute Gasteiger partial charge is 0.475 e. The molecule has 0 bridgehead atoms. The van der Waals surface area contributed by atoms with E-state index in [1.165, 1.54) is 6.20 Å². The van der Waals surface area contributed by atoms with Crippen molar-refractivity contribution in [1.82, 2.24) is 4.98 Å². The molecule has 0 aliphatic heterocycles. The van der Waals surface area contributed by atoms with Gasteiger partial charge in [-0.25, -0.2) is 9.78 Å². The normalized spacial score (nSPS) is 10.3. The second kappa shape index (κ2) is 4.37. The molecule has 0 saturated carbocycles. The Morgan fingerprint density at radius 2 is 2.19 bits per heavy atom. The first-order valence-electron chi connectivity index (χ1n) is 4.58. The van der Waals surface area contributed by atoms with Crippen molar-refractivity contribution in [2.75, 3.05) is 0 Å². The average Bonchev–Trinajstić information content (AvgIpc) is 2.70. The number of hydrogen-bond donors (Lipinski definition) is 1. The third-order valence-electron chi connectivity index (χ3n) is 2.06. The lowest BCUT2D eigenvalue weighted by molar-refractivity contribution is 0.0660. The van der Waals surface area contributed by atoms with Gasteiger partial charge >= 0.3 is 5.97 Å². The maximum Gasteiger partial charge on any atom is 0.373 e. The van der Waals surface area contributed by atoms with Crippen molar-refractivity contribution in [3.8, 4) is 0 Å². The minimum absolute atomic E-state index is 0.165. The molecule has 82 valence electrons. The van der Waals surface area contributed by atoms with Crippen molar-refractivity contribution in [2.24, 2.45) is 0 Å². The number of oxazole rings is 1. The zero-order valence-corrected chi connectivity index (χ0v) is 8.94. The van der Waals surface area contributed by atoms with Gasteiger partial charge in [0.2, 0.25) is 5.76 Å². The number of carboxylic acids is 1. The molecule has 0 spiro atoms. The summed E-state index contributed by atoms with van der Waals surface area (Å²) in [6.45, 7) is 0. The van der Waals surface area contributed by atoms with Crippen LogP contribution in [-0.2, 0) is 6.42 Å². The lowest BCUT2D eigenvalue weighted by Gasteiger charge is -1.99. The summed E-state index contributed by atoms with van der Waals surface area (Å²) in [5.41, 5.74) is 0.850. The maximum atomic E-state index is 10.6. The molecule has 2 aromatic rings.